The zero-order valence-electron chi connectivity index (χ0n) is 9.25. The molecule has 0 spiro atoms. The Balaban J connectivity index is 2.39. The third kappa shape index (κ3) is 1.92. The summed E-state index contributed by atoms with van der Waals surface area (Å²) in [6.45, 7) is 1.08. The van der Waals surface area contributed by atoms with Gasteiger partial charge in [0.15, 0.2) is 0 Å². The molecule has 3 nitrogen and oxygen atoms in total. The number of hydrogen-bond acceptors (Lipinski definition) is 3. The van der Waals surface area contributed by atoms with Gasteiger partial charge < -0.3 is 14.8 Å². The van der Waals surface area contributed by atoms with Crippen LogP contribution < -0.4 is 14.8 Å². The summed E-state index contributed by atoms with van der Waals surface area (Å²) in [4.78, 5) is 0. The molecule has 0 saturated carbocycles. The van der Waals surface area contributed by atoms with Crippen molar-refractivity contribution in [1.82, 2.24) is 5.32 Å². The smallest absolute Gasteiger partial charge is 0.127 e. The Kier molecular flexibility index (Phi) is 3.11. The highest BCUT2D eigenvalue weighted by Gasteiger charge is 2.23. The summed E-state index contributed by atoms with van der Waals surface area (Å²) in [5.41, 5.74) is 1.15. The highest BCUT2D eigenvalue weighted by Crippen LogP contribution is 2.37. The lowest BCUT2D eigenvalue weighted by Crippen LogP contribution is -2.14. The molecule has 1 aromatic carbocycles. The molecule has 82 valence electrons. The molecule has 0 unspecified atom stereocenters. The van der Waals surface area contributed by atoms with E-state index in [1.165, 1.54) is 6.42 Å². The van der Waals surface area contributed by atoms with Crippen molar-refractivity contribution in [3.8, 4) is 11.5 Å². The minimum Gasteiger partial charge on any atom is -0.496 e. The predicted molar refractivity (Wildman–Crippen MR) is 59.5 cm³/mol. The Hall–Kier alpha value is -1.22. The molecule has 0 aromatic heterocycles. The highest BCUT2D eigenvalue weighted by molar-refractivity contribution is 5.47. The summed E-state index contributed by atoms with van der Waals surface area (Å²) in [5.74, 6) is 1.82. The van der Waals surface area contributed by atoms with Gasteiger partial charge in [0.1, 0.15) is 11.5 Å². The van der Waals surface area contributed by atoms with Crippen molar-refractivity contribution in [3.63, 3.8) is 0 Å². The van der Waals surface area contributed by atoms with Gasteiger partial charge >= 0.3 is 0 Å². The lowest BCUT2D eigenvalue weighted by Gasteiger charge is -2.18. The molecule has 1 atom stereocenters. The summed E-state index contributed by atoms with van der Waals surface area (Å²) in [6.07, 6.45) is 2.36. The van der Waals surface area contributed by atoms with Gasteiger partial charge in [-0.3, -0.25) is 0 Å². The van der Waals surface area contributed by atoms with E-state index in [1.54, 1.807) is 14.2 Å². The number of benzene rings is 1. The summed E-state index contributed by atoms with van der Waals surface area (Å²) < 4.78 is 10.8. The zero-order chi connectivity index (χ0) is 10.7. The first-order chi connectivity index (χ1) is 7.36. The van der Waals surface area contributed by atoms with Crippen molar-refractivity contribution < 1.29 is 9.47 Å². The van der Waals surface area contributed by atoms with E-state index in [-0.39, 0.29) is 0 Å². The number of ether oxygens (including phenoxy) is 2. The Labute approximate surface area is 90.4 Å². The van der Waals surface area contributed by atoms with Gasteiger partial charge in [0.25, 0.3) is 0 Å². The molecule has 0 bridgehead atoms. The summed E-state index contributed by atoms with van der Waals surface area (Å²) in [5, 5.41) is 3.46. The second-order valence-corrected chi connectivity index (χ2v) is 3.73. The lowest BCUT2D eigenvalue weighted by atomic mass is 10.0. The quantitative estimate of drug-likeness (QED) is 0.823. The topological polar surface area (TPSA) is 30.5 Å². The van der Waals surface area contributed by atoms with Crippen LogP contribution >= 0.6 is 0 Å². The van der Waals surface area contributed by atoms with E-state index in [2.05, 4.69) is 5.32 Å². The fourth-order valence-corrected chi connectivity index (χ4v) is 2.15. The second kappa shape index (κ2) is 4.53. The minimum atomic E-state index is 0.371. The predicted octanol–water partition coefficient (Wildman–Crippen LogP) is 2.13. The molecule has 1 N–H and O–H groups in total. The molecular weight excluding hydrogens is 190 g/mol. The van der Waals surface area contributed by atoms with Gasteiger partial charge in [0, 0.05) is 6.04 Å². The Bertz CT molecular complexity index is 310. The van der Waals surface area contributed by atoms with E-state index in [9.17, 15) is 0 Å². The van der Waals surface area contributed by atoms with Gasteiger partial charge in [-0.15, -0.1) is 0 Å². The van der Waals surface area contributed by atoms with Crippen LogP contribution in [0.4, 0.5) is 0 Å². The molecule has 0 aliphatic carbocycles. The monoisotopic (exact) mass is 207 g/mol. The SMILES string of the molecule is COc1cccc(OC)c1[C@H]1CCCN1. The number of rotatable bonds is 3. The van der Waals surface area contributed by atoms with Crippen LogP contribution in [0.3, 0.4) is 0 Å². The maximum atomic E-state index is 5.38. The molecular formula is C12H17NO2. The van der Waals surface area contributed by atoms with Crippen LogP contribution in [0.5, 0.6) is 11.5 Å². The van der Waals surface area contributed by atoms with Gasteiger partial charge in [-0.2, -0.15) is 0 Å². The Morgan fingerprint density at radius 1 is 1.20 bits per heavy atom. The number of hydrogen-bond donors (Lipinski definition) is 1. The molecule has 15 heavy (non-hydrogen) atoms. The maximum absolute atomic E-state index is 5.38. The van der Waals surface area contributed by atoms with E-state index in [1.807, 2.05) is 18.2 Å². The van der Waals surface area contributed by atoms with Gasteiger partial charge in [0.2, 0.25) is 0 Å². The molecule has 0 amide bonds. The van der Waals surface area contributed by atoms with Gasteiger partial charge in [0.05, 0.1) is 19.8 Å². The van der Waals surface area contributed by atoms with Crippen LogP contribution in [0.1, 0.15) is 24.4 Å². The molecule has 1 heterocycles. The van der Waals surface area contributed by atoms with Crippen molar-refractivity contribution in [2.75, 3.05) is 20.8 Å². The normalized spacial score (nSPS) is 20.3. The first kappa shape index (κ1) is 10.3. The largest absolute Gasteiger partial charge is 0.496 e. The third-order valence-corrected chi connectivity index (χ3v) is 2.87. The van der Waals surface area contributed by atoms with Crippen molar-refractivity contribution in [2.24, 2.45) is 0 Å². The molecule has 1 fully saturated rings. The van der Waals surface area contributed by atoms with Gasteiger partial charge in [-0.05, 0) is 31.5 Å². The molecule has 0 radical (unpaired) electrons. The Morgan fingerprint density at radius 2 is 1.87 bits per heavy atom. The van der Waals surface area contributed by atoms with Crippen LogP contribution in [0, 0.1) is 0 Å². The van der Waals surface area contributed by atoms with Crippen molar-refractivity contribution in [1.29, 1.82) is 0 Å². The molecule has 1 aliphatic heterocycles. The van der Waals surface area contributed by atoms with Crippen LogP contribution in [0.2, 0.25) is 0 Å². The van der Waals surface area contributed by atoms with Gasteiger partial charge in [-0.1, -0.05) is 6.07 Å². The highest BCUT2D eigenvalue weighted by atomic mass is 16.5. The first-order valence-corrected chi connectivity index (χ1v) is 5.31. The lowest BCUT2D eigenvalue weighted by molar-refractivity contribution is 0.375. The maximum Gasteiger partial charge on any atom is 0.127 e. The molecule has 1 saturated heterocycles. The fourth-order valence-electron chi connectivity index (χ4n) is 2.15. The second-order valence-electron chi connectivity index (χ2n) is 3.73. The van der Waals surface area contributed by atoms with Crippen LogP contribution in [0.25, 0.3) is 0 Å². The average molecular weight is 207 g/mol. The fraction of sp³-hybridized carbons (Fsp3) is 0.500. The van der Waals surface area contributed by atoms with Crippen molar-refractivity contribution >= 4 is 0 Å². The molecule has 2 rings (SSSR count). The molecule has 1 aromatic rings. The van der Waals surface area contributed by atoms with Crippen molar-refractivity contribution in [2.45, 2.75) is 18.9 Å². The van der Waals surface area contributed by atoms with Gasteiger partial charge in [-0.25, -0.2) is 0 Å². The molecule has 3 heteroatoms. The standard InChI is InChI=1S/C12H17NO2/c1-14-10-6-3-7-11(15-2)12(10)9-5-4-8-13-9/h3,6-7,9,13H,4-5,8H2,1-2H3/t9-/m1/s1. The Morgan fingerprint density at radius 3 is 2.33 bits per heavy atom. The summed E-state index contributed by atoms with van der Waals surface area (Å²) in [7, 11) is 3.40. The van der Waals surface area contributed by atoms with E-state index in [0.29, 0.717) is 6.04 Å². The number of methoxy groups -OCH3 is 2. The number of nitrogens with one attached hydrogen (secondary N) is 1. The minimum absolute atomic E-state index is 0.371. The first-order valence-electron chi connectivity index (χ1n) is 5.31. The van der Waals surface area contributed by atoms with Crippen LogP contribution in [-0.2, 0) is 0 Å². The zero-order valence-corrected chi connectivity index (χ0v) is 9.25. The van der Waals surface area contributed by atoms with E-state index >= 15 is 0 Å². The van der Waals surface area contributed by atoms with E-state index in [0.717, 1.165) is 30.0 Å². The average Bonchev–Trinajstić information content (AvgIpc) is 2.81. The van der Waals surface area contributed by atoms with E-state index < -0.39 is 0 Å². The van der Waals surface area contributed by atoms with Crippen LogP contribution in [-0.4, -0.2) is 20.8 Å². The van der Waals surface area contributed by atoms with Crippen LogP contribution in [0.15, 0.2) is 18.2 Å². The summed E-state index contributed by atoms with van der Waals surface area (Å²) >= 11 is 0. The van der Waals surface area contributed by atoms with E-state index in [4.69, 9.17) is 9.47 Å². The summed E-state index contributed by atoms with van der Waals surface area (Å²) in [6, 6.07) is 6.29. The van der Waals surface area contributed by atoms with Crippen molar-refractivity contribution in [3.05, 3.63) is 23.8 Å². The molecule has 1 aliphatic rings. The third-order valence-electron chi connectivity index (χ3n) is 2.87.